The Bertz CT molecular complexity index is 1550. The molecule has 0 aromatic carbocycles. The number of quaternary nitrogens is 1. The van der Waals surface area contributed by atoms with Crippen LogP contribution in [0.15, 0.2) is 122 Å². The van der Waals surface area contributed by atoms with Crippen molar-refractivity contribution in [2.24, 2.45) is 0 Å². The Morgan fingerprint density at radius 1 is 0.429 bits per heavy atom. The van der Waals surface area contributed by atoms with Gasteiger partial charge in [-0.1, -0.05) is 200 Å². The van der Waals surface area contributed by atoms with Crippen LogP contribution in [0.5, 0.6) is 0 Å². The Hall–Kier alpha value is -4.27. The fourth-order valence-corrected chi connectivity index (χ4v) is 7.44. The van der Waals surface area contributed by atoms with Gasteiger partial charge in [-0.05, 0) is 103 Å². The van der Waals surface area contributed by atoms with Crippen molar-refractivity contribution >= 4 is 17.9 Å². The van der Waals surface area contributed by atoms with Crippen LogP contribution < -0.4 is 0 Å². The summed E-state index contributed by atoms with van der Waals surface area (Å²) in [6, 6.07) is -0.628. The minimum absolute atomic E-state index is 0.0432. The average Bonchev–Trinajstić information content (AvgIpc) is 3.33. The number of unbranched alkanes of at least 4 members (excludes halogenated alkanes) is 14. The largest absolute Gasteiger partial charge is 0.477 e. The van der Waals surface area contributed by atoms with Crippen LogP contribution in [-0.2, 0) is 28.6 Å². The van der Waals surface area contributed by atoms with Crippen molar-refractivity contribution in [2.75, 3.05) is 41.0 Å². The second-order valence-electron chi connectivity index (χ2n) is 19.1. The maximum absolute atomic E-state index is 12.8. The summed E-state index contributed by atoms with van der Waals surface area (Å²) >= 11 is 0. The molecule has 0 aromatic heterocycles. The Morgan fingerprint density at radius 3 is 1.11 bits per heavy atom. The van der Waals surface area contributed by atoms with E-state index in [1.807, 2.05) is 21.1 Å². The molecule has 70 heavy (non-hydrogen) atoms. The van der Waals surface area contributed by atoms with Crippen LogP contribution in [0.25, 0.3) is 0 Å². The number of allylic oxidation sites excluding steroid dienone is 20. The van der Waals surface area contributed by atoms with E-state index in [2.05, 4.69) is 135 Å². The molecule has 396 valence electrons. The second-order valence-corrected chi connectivity index (χ2v) is 19.1. The molecule has 0 saturated carbocycles. The molecule has 0 bridgehead atoms. The summed E-state index contributed by atoms with van der Waals surface area (Å²) in [5.74, 6) is -1.52. The molecule has 0 radical (unpaired) electrons. The van der Waals surface area contributed by atoms with Crippen molar-refractivity contribution < 1.29 is 38.2 Å². The average molecular weight is 973 g/mol. The first-order valence-corrected chi connectivity index (χ1v) is 27.6. The Morgan fingerprint density at radius 2 is 0.757 bits per heavy atom. The summed E-state index contributed by atoms with van der Waals surface area (Å²) in [5.41, 5.74) is 0. The van der Waals surface area contributed by atoms with E-state index in [-0.39, 0.29) is 36.2 Å². The molecule has 0 heterocycles. The van der Waals surface area contributed by atoms with Crippen molar-refractivity contribution in [1.82, 2.24) is 0 Å². The summed E-state index contributed by atoms with van der Waals surface area (Å²) in [6.07, 6.45) is 72.5. The van der Waals surface area contributed by atoms with Crippen LogP contribution in [0.2, 0.25) is 0 Å². The van der Waals surface area contributed by atoms with E-state index in [9.17, 15) is 19.5 Å². The van der Waals surface area contributed by atoms with E-state index in [0.29, 0.717) is 19.3 Å². The van der Waals surface area contributed by atoms with E-state index in [1.165, 1.54) is 44.9 Å². The van der Waals surface area contributed by atoms with Crippen molar-refractivity contribution in [1.29, 1.82) is 0 Å². The van der Waals surface area contributed by atoms with E-state index < -0.39 is 18.1 Å². The molecule has 0 rings (SSSR count). The van der Waals surface area contributed by atoms with Crippen LogP contribution in [0, 0.1) is 0 Å². The van der Waals surface area contributed by atoms with Crippen molar-refractivity contribution in [3.63, 3.8) is 0 Å². The van der Waals surface area contributed by atoms with Gasteiger partial charge in [-0.3, -0.25) is 9.59 Å². The van der Waals surface area contributed by atoms with Gasteiger partial charge < -0.3 is 23.8 Å². The molecule has 0 saturated heterocycles. The van der Waals surface area contributed by atoms with Gasteiger partial charge in [-0.15, -0.1) is 0 Å². The molecule has 8 heteroatoms. The minimum atomic E-state index is -0.883. The van der Waals surface area contributed by atoms with Gasteiger partial charge in [0.25, 0.3) is 0 Å². The van der Waals surface area contributed by atoms with Gasteiger partial charge >= 0.3 is 17.9 Å². The predicted octanol–water partition coefficient (Wildman–Crippen LogP) is 16.5. The van der Waals surface area contributed by atoms with Crippen LogP contribution in [0.1, 0.15) is 200 Å². The number of likely N-dealkylation sites (N-methyl/N-ethyl adjacent to an activating group) is 1. The van der Waals surface area contributed by atoms with Gasteiger partial charge in [0.15, 0.2) is 12.1 Å². The first-order chi connectivity index (χ1) is 34.1. The second kappa shape index (κ2) is 51.1. The van der Waals surface area contributed by atoms with Crippen molar-refractivity contribution in [2.45, 2.75) is 212 Å². The molecule has 8 nitrogen and oxygen atoms in total. The molecule has 0 aromatic rings. The normalized spacial score (nSPS) is 13.8. The quantitative estimate of drug-likeness (QED) is 0.0281. The predicted molar refractivity (Wildman–Crippen MR) is 298 cm³/mol. The molecule has 2 atom stereocenters. The van der Waals surface area contributed by atoms with E-state index in [1.54, 1.807) is 0 Å². The molecular formula is C62H102NO7+. The number of carboxylic acid groups (broad SMARTS) is 1. The lowest BCUT2D eigenvalue weighted by Crippen LogP contribution is -2.50. The zero-order valence-electron chi connectivity index (χ0n) is 45.2. The number of carboxylic acids is 1. The fourth-order valence-electron chi connectivity index (χ4n) is 7.44. The SMILES string of the molecule is CC/C=C/C/C=C/C/C=C/C/C=C/C/C=C/C/C=C/CCCCCCC(=O)OCC(COCCC(C(=O)O)[N+](C)(C)C)OC(=O)CCCCCCCCCCCC/C=C/C/C=C/C/C=C/C/C=C/CC. The van der Waals surface area contributed by atoms with E-state index in [4.69, 9.17) is 14.2 Å². The lowest BCUT2D eigenvalue weighted by atomic mass is 10.0. The highest BCUT2D eigenvalue weighted by Gasteiger charge is 2.31. The Kier molecular flexibility index (Phi) is 48.0. The summed E-state index contributed by atoms with van der Waals surface area (Å²) in [6.45, 7) is 4.48. The Balaban J connectivity index is 4.29. The fraction of sp³-hybridized carbons (Fsp3) is 0.629. The molecule has 2 unspecified atom stereocenters. The van der Waals surface area contributed by atoms with Gasteiger partial charge in [0, 0.05) is 19.3 Å². The van der Waals surface area contributed by atoms with Crippen LogP contribution in [0.3, 0.4) is 0 Å². The molecular weight excluding hydrogens is 871 g/mol. The molecule has 0 aliphatic carbocycles. The molecule has 0 aliphatic heterocycles. The van der Waals surface area contributed by atoms with Gasteiger partial charge in [0.05, 0.1) is 34.4 Å². The third kappa shape index (κ3) is 48.7. The lowest BCUT2D eigenvalue weighted by Gasteiger charge is -2.31. The van der Waals surface area contributed by atoms with Gasteiger partial charge in [0.1, 0.15) is 6.61 Å². The number of hydrogen-bond acceptors (Lipinski definition) is 6. The third-order valence-electron chi connectivity index (χ3n) is 11.6. The summed E-state index contributed by atoms with van der Waals surface area (Å²) < 4.78 is 17.4. The number of ether oxygens (including phenoxy) is 3. The van der Waals surface area contributed by atoms with Gasteiger partial charge in [-0.25, -0.2) is 4.79 Å². The number of aliphatic carboxylic acids is 1. The highest BCUT2D eigenvalue weighted by molar-refractivity contribution is 5.72. The van der Waals surface area contributed by atoms with E-state index in [0.717, 1.165) is 122 Å². The summed E-state index contributed by atoms with van der Waals surface area (Å²) in [4.78, 5) is 37.3. The maximum Gasteiger partial charge on any atom is 0.362 e. The van der Waals surface area contributed by atoms with Crippen LogP contribution in [-0.4, -0.2) is 80.6 Å². The zero-order valence-corrected chi connectivity index (χ0v) is 45.2. The molecule has 0 amide bonds. The molecule has 1 N–H and O–H groups in total. The lowest BCUT2D eigenvalue weighted by molar-refractivity contribution is -0.887. The third-order valence-corrected chi connectivity index (χ3v) is 11.6. The zero-order chi connectivity index (χ0) is 51.3. The number of hydrogen-bond donors (Lipinski definition) is 1. The highest BCUT2D eigenvalue weighted by atomic mass is 16.6. The van der Waals surface area contributed by atoms with Gasteiger partial charge in [0.2, 0.25) is 0 Å². The summed E-state index contributed by atoms with van der Waals surface area (Å²) in [7, 11) is 5.52. The van der Waals surface area contributed by atoms with Gasteiger partial charge in [-0.2, -0.15) is 0 Å². The van der Waals surface area contributed by atoms with Crippen LogP contribution in [0.4, 0.5) is 0 Å². The van der Waals surface area contributed by atoms with E-state index >= 15 is 0 Å². The number of carbonyl (C=O) groups is 3. The number of esters is 2. The maximum atomic E-state index is 12.8. The number of nitrogens with zero attached hydrogens (tertiary/aromatic N) is 1. The van der Waals surface area contributed by atoms with Crippen LogP contribution >= 0.6 is 0 Å². The number of carbonyl (C=O) groups excluding carboxylic acids is 2. The monoisotopic (exact) mass is 973 g/mol. The standard InChI is InChI=1S/C62H101NO7/c1-6-8-10-12-14-16-18-20-22-24-26-28-30-32-34-36-38-40-42-44-46-48-50-52-60(64)69-57-58(56-68-55-54-59(62(66)67)63(3,4)5)70-61(65)53-51-49-47-45-43-41-39-37-35-33-31-29-27-25-23-21-19-17-15-13-11-9-7-2/h8-11,14-17,20-23,26-29,32,34,38,40,58-59H,6-7,12-13,18-19,24-25,30-31,33,35-37,39,41-57H2,1-5H3/p+1/b10-8+,11-9+,16-14+,17-15+,22-20+,23-21+,28-26+,29-27+,34-32+,40-38+. The first kappa shape index (κ1) is 65.7. The van der Waals surface area contributed by atoms with Crippen molar-refractivity contribution in [3.8, 4) is 0 Å². The summed E-state index contributed by atoms with van der Waals surface area (Å²) in [5, 5.41) is 9.68. The molecule has 0 fully saturated rings. The Labute approximate surface area is 429 Å². The molecule has 0 spiro atoms. The molecule has 0 aliphatic rings. The topological polar surface area (TPSA) is 99.1 Å². The smallest absolute Gasteiger partial charge is 0.362 e. The highest BCUT2D eigenvalue weighted by Crippen LogP contribution is 2.14. The number of rotatable bonds is 48. The minimum Gasteiger partial charge on any atom is -0.477 e. The first-order valence-electron chi connectivity index (χ1n) is 27.6. The van der Waals surface area contributed by atoms with Crippen molar-refractivity contribution in [3.05, 3.63) is 122 Å².